The van der Waals surface area contributed by atoms with E-state index in [0.717, 1.165) is 22.4 Å². The summed E-state index contributed by atoms with van der Waals surface area (Å²) in [5.41, 5.74) is 5.13. The molecule has 0 saturated carbocycles. The van der Waals surface area contributed by atoms with Crippen LogP contribution >= 0.6 is 11.6 Å². The number of hydrogen-bond donors (Lipinski definition) is 2. The van der Waals surface area contributed by atoms with E-state index in [1.54, 1.807) is 12.1 Å². The molecule has 2 N–H and O–H groups in total. The number of carbonyl (C=O) groups is 1. The van der Waals surface area contributed by atoms with Gasteiger partial charge in [-0.15, -0.1) is 0 Å². The Hall–Kier alpha value is -2.92. The zero-order valence-corrected chi connectivity index (χ0v) is 15.6. The summed E-state index contributed by atoms with van der Waals surface area (Å²) in [5.74, 6) is 0.150. The summed E-state index contributed by atoms with van der Waals surface area (Å²) in [7, 11) is 0. The lowest BCUT2D eigenvalue weighted by Gasteiger charge is -2.10. The maximum atomic E-state index is 12.3. The van der Waals surface area contributed by atoms with Crippen LogP contribution in [0.3, 0.4) is 0 Å². The van der Waals surface area contributed by atoms with Gasteiger partial charge in [-0.1, -0.05) is 29.8 Å². The lowest BCUT2D eigenvalue weighted by atomic mass is 10.1. The molecule has 26 heavy (non-hydrogen) atoms. The predicted molar refractivity (Wildman–Crippen MR) is 105 cm³/mol. The SMILES string of the molecule is Cc1ccc(C)c(Nc2ncc(C(=O)Nc3ccc(C)c(Cl)c3)cn2)c1. The van der Waals surface area contributed by atoms with Crippen LogP contribution in [0.25, 0.3) is 0 Å². The average molecular weight is 367 g/mol. The van der Waals surface area contributed by atoms with Gasteiger partial charge in [0, 0.05) is 28.8 Å². The summed E-state index contributed by atoms with van der Waals surface area (Å²) in [4.78, 5) is 20.8. The standard InChI is InChI=1S/C20H19ClN4O/c1-12-4-5-14(3)18(8-12)25-20-22-10-15(11-23-20)19(26)24-16-7-6-13(2)17(21)9-16/h4-11H,1-3H3,(H,24,26)(H,22,23,25). The van der Waals surface area contributed by atoms with Crippen LogP contribution in [0.4, 0.5) is 17.3 Å². The maximum Gasteiger partial charge on any atom is 0.258 e. The van der Waals surface area contributed by atoms with Gasteiger partial charge in [0.25, 0.3) is 5.91 Å². The molecule has 1 amide bonds. The smallest absolute Gasteiger partial charge is 0.258 e. The Morgan fingerprint density at radius 1 is 0.962 bits per heavy atom. The molecule has 0 aliphatic rings. The van der Waals surface area contributed by atoms with Crippen LogP contribution in [-0.4, -0.2) is 15.9 Å². The van der Waals surface area contributed by atoms with Gasteiger partial charge in [0.15, 0.2) is 0 Å². The molecule has 0 bridgehead atoms. The quantitative estimate of drug-likeness (QED) is 0.678. The minimum atomic E-state index is -0.289. The Morgan fingerprint density at radius 3 is 2.35 bits per heavy atom. The number of benzene rings is 2. The number of amides is 1. The van der Waals surface area contributed by atoms with Crippen molar-refractivity contribution < 1.29 is 4.79 Å². The van der Waals surface area contributed by atoms with Crippen LogP contribution < -0.4 is 10.6 Å². The van der Waals surface area contributed by atoms with Gasteiger partial charge in [0.2, 0.25) is 5.95 Å². The number of rotatable bonds is 4. The lowest BCUT2D eigenvalue weighted by molar-refractivity contribution is 0.102. The number of hydrogen-bond acceptors (Lipinski definition) is 4. The molecule has 0 spiro atoms. The molecule has 132 valence electrons. The first-order chi connectivity index (χ1) is 12.4. The lowest BCUT2D eigenvalue weighted by Crippen LogP contribution is -2.13. The highest BCUT2D eigenvalue weighted by atomic mass is 35.5. The highest BCUT2D eigenvalue weighted by Crippen LogP contribution is 2.21. The fraction of sp³-hybridized carbons (Fsp3) is 0.150. The number of carbonyl (C=O) groups excluding carboxylic acids is 1. The molecular formula is C20H19ClN4O. The third-order valence-corrected chi connectivity index (χ3v) is 4.39. The van der Waals surface area contributed by atoms with Crippen LogP contribution in [0.15, 0.2) is 48.8 Å². The summed E-state index contributed by atoms with van der Waals surface area (Å²) in [5, 5.41) is 6.56. The Labute approximate surface area is 157 Å². The van der Waals surface area contributed by atoms with Crippen LogP contribution in [0, 0.1) is 20.8 Å². The Bertz CT molecular complexity index is 955. The summed E-state index contributed by atoms with van der Waals surface area (Å²) in [6.07, 6.45) is 2.98. The molecule has 0 saturated heterocycles. The molecule has 3 rings (SSSR count). The Morgan fingerprint density at radius 2 is 1.65 bits per heavy atom. The van der Waals surface area contributed by atoms with Gasteiger partial charge in [-0.2, -0.15) is 0 Å². The normalized spacial score (nSPS) is 10.5. The van der Waals surface area contributed by atoms with E-state index in [2.05, 4.69) is 20.6 Å². The molecule has 3 aromatic rings. The molecule has 0 aliphatic heterocycles. The van der Waals surface area contributed by atoms with Crippen LogP contribution in [0.1, 0.15) is 27.0 Å². The molecule has 0 unspecified atom stereocenters. The van der Waals surface area contributed by atoms with Gasteiger partial charge in [-0.3, -0.25) is 4.79 Å². The largest absolute Gasteiger partial charge is 0.324 e. The minimum Gasteiger partial charge on any atom is -0.324 e. The Kier molecular flexibility index (Phi) is 5.19. The van der Waals surface area contributed by atoms with Gasteiger partial charge in [0.1, 0.15) is 0 Å². The van der Waals surface area contributed by atoms with E-state index in [9.17, 15) is 4.79 Å². The number of aryl methyl sites for hydroxylation is 3. The van der Waals surface area contributed by atoms with E-state index in [1.807, 2.05) is 45.0 Å². The van der Waals surface area contributed by atoms with Crippen LogP contribution in [-0.2, 0) is 0 Å². The van der Waals surface area contributed by atoms with Crippen molar-refractivity contribution in [2.75, 3.05) is 10.6 Å². The van der Waals surface area contributed by atoms with Crippen LogP contribution in [0.5, 0.6) is 0 Å². The number of nitrogens with zero attached hydrogens (tertiary/aromatic N) is 2. The highest BCUT2D eigenvalue weighted by molar-refractivity contribution is 6.31. The van der Waals surface area contributed by atoms with Crippen molar-refractivity contribution in [3.63, 3.8) is 0 Å². The summed E-state index contributed by atoms with van der Waals surface area (Å²) in [6, 6.07) is 11.5. The second kappa shape index (κ2) is 7.54. The van der Waals surface area contributed by atoms with Crippen molar-refractivity contribution in [1.29, 1.82) is 0 Å². The van der Waals surface area contributed by atoms with Crippen molar-refractivity contribution in [2.45, 2.75) is 20.8 Å². The van der Waals surface area contributed by atoms with Crippen molar-refractivity contribution in [2.24, 2.45) is 0 Å². The fourth-order valence-corrected chi connectivity index (χ4v) is 2.56. The van der Waals surface area contributed by atoms with E-state index in [0.29, 0.717) is 22.2 Å². The van der Waals surface area contributed by atoms with E-state index in [1.165, 1.54) is 12.4 Å². The minimum absolute atomic E-state index is 0.289. The van der Waals surface area contributed by atoms with Gasteiger partial charge in [-0.25, -0.2) is 9.97 Å². The summed E-state index contributed by atoms with van der Waals surface area (Å²) < 4.78 is 0. The zero-order valence-electron chi connectivity index (χ0n) is 14.8. The number of nitrogens with one attached hydrogen (secondary N) is 2. The molecule has 1 heterocycles. The average Bonchev–Trinajstić information content (AvgIpc) is 2.62. The summed E-state index contributed by atoms with van der Waals surface area (Å²) in [6.45, 7) is 5.94. The Balaban J connectivity index is 1.71. The monoisotopic (exact) mass is 366 g/mol. The number of anilines is 3. The highest BCUT2D eigenvalue weighted by Gasteiger charge is 2.09. The van der Waals surface area contributed by atoms with E-state index < -0.39 is 0 Å². The topological polar surface area (TPSA) is 66.9 Å². The van der Waals surface area contributed by atoms with Gasteiger partial charge >= 0.3 is 0 Å². The van der Waals surface area contributed by atoms with E-state index in [4.69, 9.17) is 11.6 Å². The first-order valence-electron chi connectivity index (χ1n) is 8.16. The van der Waals surface area contributed by atoms with Crippen molar-refractivity contribution in [1.82, 2.24) is 9.97 Å². The van der Waals surface area contributed by atoms with Crippen molar-refractivity contribution in [3.05, 3.63) is 76.1 Å². The maximum absolute atomic E-state index is 12.3. The predicted octanol–water partition coefficient (Wildman–Crippen LogP) is 5.05. The first kappa shape index (κ1) is 17.9. The van der Waals surface area contributed by atoms with Crippen LogP contribution in [0.2, 0.25) is 5.02 Å². The molecule has 0 fully saturated rings. The number of halogens is 1. The first-order valence-corrected chi connectivity index (χ1v) is 8.54. The van der Waals surface area contributed by atoms with Gasteiger partial charge in [-0.05, 0) is 55.7 Å². The second-order valence-electron chi connectivity index (χ2n) is 6.16. The third kappa shape index (κ3) is 4.18. The molecule has 0 atom stereocenters. The fourth-order valence-electron chi connectivity index (χ4n) is 2.37. The van der Waals surface area contributed by atoms with Gasteiger partial charge in [0.05, 0.1) is 5.56 Å². The molecule has 5 nitrogen and oxygen atoms in total. The van der Waals surface area contributed by atoms with E-state index >= 15 is 0 Å². The zero-order chi connectivity index (χ0) is 18.7. The molecule has 0 radical (unpaired) electrons. The molecule has 2 aromatic carbocycles. The second-order valence-corrected chi connectivity index (χ2v) is 6.56. The number of aromatic nitrogens is 2. The summed E-state index contributed by atoms with van der Waals surface area (Å²) >= 11 is 6.08. The van der Waals surface area contributed by atoms with Gasteiger partial charge < -0.3 is 10.6 Å². The van der Waals surface area contributed by atoms with Crippen molar-refractivity contribution >= 4 is 34.8 Å². The molecular weight excluding hydrogens is 348 g/mol. The van der Waals surface area contributed by atoms with E-state index in [-0.39, 0.29) is 5.91 Å². The third-order valence-electron chi connectivity index (χ3n) is 3.98. The van der Waals surface area contributed by atoms with Crippen molar-refractivity contribution in [3.8, 4) is 0 Å². The molecule has 6 heteroatoms. The molecule has 0 aliphatic carbocycles. The molecule has 1 aromatic heterocycles.